The van der Waals surface area contributed by atoms with Gasteiger partial charge < -0.3 is 9.73 Å². The number of aryl methyl sites for hydroxylation is 1. The first-order valence-electron chi connectivity index (χ1n) is 6.92. The molecule has 2 rings (SSSR count). The van der Waals surface area contributed by atoms with E-state index >= 15 is 0 Å². The molecule has 0 saturated carbocycles. The van der Waals surface area contributed by atoms with E-state index < -0.39 is 0 Å². The molecule has 2 heteroatoms. The fourth-order valence-electron chi connectivity index (χ4n) is 2.26. The van der Waals surface area contributed by atoms with E-state index in [0.29, 0.717) is 5.92 Å². The molecule has 19 heavy (non-hydrogen) atoms. The molecular formula is C17H23NO. The Morgan fingerprint density at radius 1 is 1.05 bits per heavy atom. The summed E-state index contributed by atoms with van der Waals surface area (Å²) in [6, 6.07) is 13.2. The molecule has 1 aromatic heterocycles. The average Bonchev–Trinajstić information content (AvgIpc) is 2.83. The van der Waals surface area contributed by atoms with E-state index in [1.54, 1.807) is 0 Å². The smallest absolute Gasteiger partial charge is 0.121 e. The Morgan fingerprint density at radius 2 is 1.74 bits per heavy atom. The van der Waals surface area contributed by atoms with Crippen molar-refractivity contribution in [2.75, 3.05) is 7.05 Å². The standard InChI is InChI=1S/C17H23NO/c1-12(2)15-8-6-14(7-9-15)11-16(18-4)17-10-5-13(3)19-17/h5-10,12,16,18H,11H2,1-4H3. The summed E-state index contributed by atoms with van der Waals surface area (Å²) in [5.41, 5.74) is 2.72. The zero-order chi connectivity index (χ0) is 13.8. The van der Waals surface area contributed by atoms with Crippen LogP contribution in [0, 0.1) is 6.92 Å². The first-order valence-corrected chi connectivity index (χ1v) is 6.92. The maximum atomic E-state index is 5.71. The van der Waals surface area contributed by atoms with Gasteiger partial charge in [-0.2, -0.15) is 0 Å². The highest BCUT2D eigenvalue weighted by atomic mass is 16.3. The summed E-state index contributed by atoms with van der Waals surface area (Å²) in [5.74, 6) is 2.56. The van der Waals surface area contributed by atoms with Gasteiger partial charge in [0, 0.05) is 0 Å². The maximum absolute atomic E-state index is 5.71. The second-order valence-electron chi connectivity index (χ2n) is 5.39. The lowest BCUT2D eigenvalue weighted by Crippen LogP contribution is -2.18. The van der Waals surface area contributed by atoms with Gasteiger partial charge in [-0.25, -0.2) is 0 Å². The fraction of sp³-hybridized carbons (Fsp3) is 0.412. The van der Waals surface area contributed by atoms with Crippen molar-refractivity contribution in [1.29, 1.82) is 0 Å². The van der Waals surface area contributed by atoms with Crippen LogP contribution in [0.5, 0.6) is 0 Å². The molecule has 1 unspecified atom stereocenters. The number of rotatable bonds is 5. The maximum Gasteiger partial charge on any atom is 0.121 e. The molecule has 0 aliphatic rings. The molecule has 0 aliphatic heterocycles. The molecule has 1 atom stereocenters. The average molecular weight is 257 g/mol. The van der Waals surface area contributed by atoms with Crippen LogP contribution < -0.4 is 5.32 Å². The molecule has 1 heterocycles. The van der Waals surface area contributed by atoms with Crippen LogP contribution >= 0.6 is 0 Å². The van der Waals surface area contributed by atoms with Crippen LogP contribution in [0.15, 0.2) is 40.8 Å². The summed E-state index contributed by atoms with van der Waals surface area (Å²) >= 11 is 0. The Kier molecular flexibility index (Phi) is 4.43. The zero-order valence-electron chi connectivity index (χ0n) is 12.2. The van der Waals surface area contributed by atoms with E-state index in [1.807, 2.05) is 20.0 Å². The van der Waals surface area contributed by atoms with Gasteiger partial charge >= 0.3 is 0 Å². The van der Waals surface area contributed by atoms with Crippen LogP contribution in [-0.4, -0.2) is 7.05 Å². The van der Waals surface area contributed by atoms with Crippen molar-refractivity contribution in [1.82, 2.24) is 5.32 Å². The van der Waals surface area contributed by atoms with Crippen LogP contribution in [0.2, 0.25) is 0 Å². The first kappa shape index (κ1) is 13.9. The summed E-state index contributed by atoms with van der Waals surface area (Å²) in [5, 5.41) is 3.32. The van der Waals surface area contributed by atoms with Gasteiger partial charge in [0.05, 0.1) is 6.04 Å². The van der Waals surface area contributed by atoms with Gasteiger partial charge in [-0.3, -0.25) is 0 Å². The van der Waals surface area contributed by atoms with Crippen molar-refractivity contribution < 1.29 is 4.42 Å². The molecule has 2 nitrogen and oxygen atoms in total. The lowest BCUT2D eigenvalue weighted by Gasteiger charge is -2.14. The van der Waals surface area contributed by atoms with E-state index in [2.05, 4.69) is 49.5 Å². The Balaban J connectivity index is 2.10. The lowest BCUT2D eigenvalue weighted by atomic mass is 9.98. The molecular weight excluding hydrogens is 234 g/mol. The van der Waals surface area contributed by atoms with Crippen molar-refractivity contribution in [3.8, 4) is 0 Å². The fourth-order valence-corrected chi connectivity index (χ4v) is 2.26. The molecule has 0 amide bonds. The molecule has 0 bridgehead atoms. The highest BCUT2D eigenvalue weighted by molar-refractivity contribution is 5.26. The monoisotopic (exact) mass is 257 g/mol. The molecule has 0 radical (unpaired) electrons. The normalized spacial score (nSPS) is 12.9. The second-order valence-corrected chi connectivity index (χ2v) is 5.39. The third-order valence-electron chi connectivity index (χ3n) is 3.54. The van der Waals surface area contributed by atoms with Crippen molar-refractivity contribution in [2.24, 2.45) is 0 Å². The van der Waals surface area contributed by atoms with Crippen molar-refractivity contribution in [2.45, 2.75) is 39.2 Å². The highest BCUT2D eigenvalue weighted by Crippen LogP contribution is 2.22. The number of hydrogen-bond donors (Lipinski definition) is 1. The molecule has 1 N–H and O–H groups in total. The number of nitrogens with one attached hydrogen (secondary N) is 1. The molecule has 1 aromatic carbocycles. The minimum absolute atomic E-state index is 0.235. The predicted octanol–water partition coefficient (Wildman–Crippen LogP) is 4.21. The predicted molar refractivity (Wildman–Crippen MR) is 79.5 cm³/mol. The van der Waals surface area contributed by atoms with Gasteiger partial charge in [0.25, 0.3) is 0 Å². The third-order valence-corrected chi connectivity index (χ3v) is 3.54. The van der Waals surface area contributed by atoms with Crippen LogP contribution in [-0.2, 0) is 6.42 Å². The van der Waals surface area contributed by atoms with Crippen LogP contribution in [0.3, 0.4) is 0 Å². The summed E-state index contributed by atoms with van der Waals surface area (Å²) in [6.45, 7) is 6.42. The quantitative estimate of drug-likeness (QED) is 0.867. The van der Waals surface area contributed by atoms with E-state index in [9.17, 15) is 0 Å². The number of benzene rings is 1. The van der Waals surface area contributed by atoms with Gasteiger partial charge in [0.2, 0.25) is 0 Å². The Bertz CT molecular complexity index is 510. The minimum atomic E-state index is 0.235. The van der Waals surface area contributed by atoms with Crippen LogP contribution in [0.4, 0.5) is 0 Å². The van der Waals surface area contributed by atoms with Crippen LogP contribution in [0.1, 0.15) is 48.5 Å². The zero-order valence-corrected chi connectivity index (χ0v) is 12.2. The SMILES string of the molecule is CNC(Cc1ccc(C(C)C)cc1)c1ccc(C)o1. The molecule has 0 fully saturated rings. The first-order chi connectivity index (χ1) is 9.10. The van der Waals surface area contributed by atoms with Crippen LogP contribution in [0.25, 0.3) is 0 Å². The second kappa shape index (κ2) is 6.07. The molecule has 0 saturated heterocycles. The largest absolute Gasteiger partial charge is 0.465 e. The number of hydrogen-bond acceptors (Lipinski definition) is 2. The Morgan fingerprint density at radius 3 is 2.21 bits per heavy atom. The van der Waals surface area contributed by atoms with Gasteiger partial charge in [0.15, 0.2) is 0 Å². The minimum Gasteiger partial charge on any atom is -0.465 e. The molecule has 0 spiro atoms. The Hall–Kier alpha value is -1.54. The summed E-state index contributed by atoms with van der Waals surface area (Å²) in [7, 11) is 1.98. The van der Waals surface area contributed by atoms with E-state index in [4.69, 9.17) is 4.42 Å². The van der Waals surface area contributed by atoms with E-state index in [1.165, 1.54) is 11.1 Å². The van der Waals surface area contributed by atoms with Crippen molar-refractivity contribution in [3.05, 3.63) is 59.0 Å². The summed E-state index contributed by atoms with van der Waals surface area (Å²) < 4.78 is 5.71. The molecule has 0 aliphatic carbocycles. The third kappa shape index (κ3) is 3.48. The number of furan rings is 1. The van der Waals surface area contributed by atoms with Crippen molar-refractivity contribution in [3.63, 3.8) is 0 Å². The summed E-state index contributed by atoms with van der Waals surface area (Å²) in [4.78, 5) is 0. The van der Waals surface area contributed by atoms with E-state index in [0.717, 1.165) is 17.9 Å². The van der Waals surface area contributed by atoms with Gasteiger partial charge in [-0.1, -0.05) is 38.1 Å². The number of likely N-dealkylation sites (N-methyl/N-ethyl adjacent to an activating group) is 1. The molecule has 102 valence electrons. The van der Waals surface area contributed by atoms with Crippen molar-refractivity contribution >= 4 is 0 Å². The highest BCUT2D eigenvalue weighted by Gasteiger charge is 2.13. The van der Waals surface area contributed by atoms with Gasteiger partial charge in [-0.05, 0) is 49.6 Å². The Labute approximate surface area is 115 Å². The lowest BCUT2D eigenvalue weighted by molar-refractivity contribution is 0.414. The van der Waals surface area contributed by atoms with E-state index in [-0.39, 0.29) is 6.04 Å². The molecule has 2 aromatic rings. The topological polar surface area (TPSA) is 25.2 Å². The summed E-state index contributed by atoms with van der Waals surface area (Å²) in [6.07, 6.45) is 0.946. The van der Waals surface area contributed by atoms with Gasteiger partial charge in [0.1, 0.15) is 11.5 Å². The van der Waals surface area contributed by atoms with Gasteiger partial charge in [-0.15, -0.1) is 0 Å².